The molecule has 1 atom stereocenters. The summed E-state index contributed by atoms with van der Waals surface area (Å²) in [4.78, 5) is 14.3. The first-order chi connectivity index (χ1) is 9.24. The van der Waals surface area contributed by atoms with Gasteiger partial charge in [0.25, 0.3) is 0 Å². The molecule has 3 nitrogen and oxygen atoms in total. The highest BCUT2D eigenvalue weighted by Crippen LogP contribution is 2.29. The third-order valence-electron chi connectivity index (χ3n) is 4.05. The van der Waals surface area contributed by atoms with Crippen LogP contribution < -0.4 is 10.2 Å². The summed E-state index contributed by atoms with van der Waals surface area (Å²) in [5.74, 6) is 1.57. The molecule has 1 heterocycles. The first kappa shape index (κ1) is 12.7. The summed E-state index contributed by atoms with van der Waals surface area (Å²) in [6, 6.07) is 8.29. The highest BCUT2D eigenvalue weighted by molar-refractivity contribution is 5.96. The maximum absolute atomic E-state index is 12.4. The molecule has 1 aromatic rings. The molecule has 0 aromatic heterocycles. The predicted molar refractivity (Wildman–Crippen MR) is 77.3 cm³/mol. The van der Waals surface area contributed by atoms with E-state index in [0.717, 1.165) is 31.1 Å². The summed E-state index contributed by atoms with van der Waals surface area (Å²) in [6.45, 7) is 4.53. The zero-order valence-corrected chi connectivity index (χ0v) is 11.6. The van der Waals surface area contributed by atoms with Gasteiger partial charge in [-0.15, -0.1) is 0 Å². The van der Waals surface area contributed by atoms with E-state index < -0.39 is 0 Å². The van der Waals surface area contributed by atoms with Crippen LogP contribution in [0.25, 0.3) is 0 Å². The molecular formula is C16H22N2O. The highest BCUT2D eigenvalue weighted by Gasteiger charge is 2.26. The lowest BCUT2D eigenvalue weighted by molar-refractivity contribution is -0.118. The number of nitrogens with zero attached hydrogens (tertiary/aromatic N) is 1. The molecule has 1 aliphatic heterocycles. The van der Waals surface area contributed by atoms with E-state index in [9.17, 15) is 4.79 Å². The van der Waals surface area contributed by atoms with Gasteiger partial charge in [0.1, 0.15) is 0 Å². The van der Waals surface area contributed by atoms with Crippen LogP contribution in [0.4, 0.5) is 5.69 Å². The van der Waals surface area contributed by atoms with Crippen molar-refractivity contribution in [1.82, 2.24) is 5.32 Å². The van der Waals surface area contributed by atoms with Crippen molar-refractivity contribution in [2.75, 3.05) is 24.5 Å². The van der Waals surface area contributed by atoms with Gasteiger partial charge in [0.05, 0.1) is 6.54 Å². The smallest absolute Gasteiger partial charge is 0.240 e. The quantitative estimate of drug-likeness (QED) is 0.898. The Bertz CT molecular complexity index is 468. The first-order valence-electron chi connectivity index (χ1n) is 7.33. The van der Waals surface area contributed by atoms with Gasteiger partial charge < -0.3 is 10.2 Å². The van der Waals surface area contributed by atoms with Crippen LogP contribution in [-0.4, -0.2) is 25.5 Å². The molecule has 1 aliphatic carbocycles. The fraction of sp³-hybridized carbons (Fsp3) is 0.562. The minimum absolute atomic E-state index is 0.208. The second kappa shape index (κ2) is 5.33. The third-order valence-corrected chi connectivity index (χ3v) is 4.05. The first-order valence-corrected chi connectivity index (χ1v) is 7.33. The fourth-order valence-electron chi connectivity index (χ4n) is 2.83. The minimum Gasteiger partial charge on any atom is -0.311 e. The Morgan fingerprint density at radius 3 is 2.95 bits per heavy atom. The van der Waals surface area contributed by atoms with Crippen LogP contribution in [-0.2, 0) is 11.2 Å². The van der Waals surface area contributed by atoms with E-state index in [1.807, 2.05) is 11.0 Å². The lowest BCUT2D eigenvalue weighted by Gasteiger charge is -2.33. The Hall–Kier alpha value is -1.35. The number of carbonyl (C=O) groups excluding carboxylic acids is 1. The van der Waals surface area contributed by atoms with Crippen molar-refractivity contribution in [2.45, 2.75) is 26.2 Å². The fourth-order valence-corrected chi connectivity index (χ4v) is 2.83. The predicted octanol–water partition coefficient (Wildman–Crippen LogP) is 2.21. The average molecular weight is 258 g/mol. The number of rotatable bonds is 4. The largest absolute Gasteiger partial charge is 0.311 e. The summed E-state index contributed by atoms with van der Waals surface area (Å²) < 4.78 is 0. The Labute approximate surface area is 115 Å². The lowest BCUT2D eigenvalue weighted by Crippen LogP contribution is -2.43. The van der Waals surface area contributed by atoms with Crippen LogP contribution in [0.15, 0.2) is 24.3 Å². The number of benzene rings is 1. The Morgan fingerprint density at radius 2 is 2.16 bits per heavy atom. The molecule has 1 amide bonds. The number of hydrogen-bond donors (Lipinski definition) is 1. The van der Waals surface area contributed by atoms with E-state index in [0.29, 0.717) is 12.5 Å². The standard InChI is InChI=1S/C16H22N2O/c1-12-8-14-4-2-3-5-15(14)18(11-12)16(19)10-17-9-13-6-7-13/h2-5,12-13,17H,6-11H2,1H3. The summed E-state index contributed by atoms with van der Waals surface area (Å²) in [5.41, 5.74) is 2.41. The van der Waals surface area contributed by atoms with Crippen LogP contribution in [0.5, 0.6) is 0 Å². The molecule has 0 saturated heterocycles. The zero-order valence-electron chi connectivity index (χ0n) is 11.6. The summed E-state index contributed by atoms with van der Waals surface area (Å²) >= 11 is 0. The molecule has 1 saturated carbocycles. The number of para-hydroxylation sites is 1. The monoisotopic (exact) mass is 258 g/mol. The summed E-state index contributed by atoms with van der Waals surface area (Å²) in [7, 11) is 0. The van der Waals surface area contributed by atoms with E-state index in [1.54, 1.807) is 0 Å². The number of carbonyl (C=O) groups is 1. The normalized spacial score (nSPS) is 22.2. The van der Waals surface area contributed by atoms with Crippen LogP contribution in [0, 0.1) is 11.8 Å². The van der Waals surface area contributed by atoms with Crippen LogP contribution in [0.2, 0.25) is 0 Å². The van der Waals surface area contributed by atoms with Crippen molar-refractivity contribution >= 4 is 11.6 Å². The molecule has 0 spiro atoms. The second-order valence-electron chi connectivity index (χ2n) is 6.02. The zero-order chi connectivity index (χ0) is 13.2. The van der Waals surface area contributed by atoms with Crippen molar-refractivity contribution in [2.24, 2.45) is 11.8 Å². The number of hydrogen-bond acceptors (Lipinski definition) is 2. The lowest BCUT2D eigenvalue weighted by atomic mass is 9.94. The number of nitrogens with one attached hydrogen (secondary N) is 1. The van der Waals surface area contributed by atoms with Gasteiger partial charge >= 0.3 is 0 Å². The van der Waals surface area contributed by atoms with Crippen molar-refractivity contribution in [1.29, 1.82) is 0 Å². The topological polar surface area (TPSA) is 32.3 Å². The van der Waals surface area contributed by atoms with Crippen molar-refractivity contribution in [3.63, 3.8) is 0 Å². The Balaban J connectivity index is 1.66. The van der Waals surface area contributed by atoms with Crippen LogP contribution in [0.3, 0.4) is 0 Å². The molecule has 19 heavy (non-hydrogen) atoms. The van der Waals surface area contributed by atoms with Gasteiger partial charge in [-0.3, -0.25) is 4.79 Å². The van der Waals surface area contributed by atoms with Crippen LogP contribution >= 0.6 is 0 Å². The SMILES string of the molecule is CC1Cc2ccccc2N(C(=O)CNCC2CC2)C1. The Morgan fingerprint density at radius 1 is 1.37 bits per heavy atom. The highest BCUT2D eigenvalue weighted by atomic mass is 16.2. The van der Waals surface area contributed by atoms with Gasteiger partial charge in [0.2, 0.25) is 5.91 Å². The minimum atomic E-state index is 0.208. The molecule has 1 aromatic carbocycles. The van der Waals surface area contributed by atoms with Crippen molar-refractivity contribution in [3.05, 3.63) is 29.8 Å². The molecule has 102 valence electrons. The van der Waals surface area contributed by atoms with Gasteiger partial charge in [-0.25, -0.2) is 0 Å². The molecule has 3 rings (SSSR count). The molecule has 3 heteroatoms. The maximum atomic E-state index is 12.4. The van der Waals surface area contributed by atoms with Crippen LogP contribution in [0.1, 0.15) is 25.3 Å². The average Bonchev–Trinajstić information content (AvgIpc) is 3.21. The van der Waals surface area contributed by atoms with E-state index in [-0.39, 0.29) is 5.91 Å². The second-order valence-corrected chi connectivity index (χ2v) is 6.02. The maximum Gasteiger partial charge on any atom is 0.240 e. The van der Waals surface area contributed by atoms with Crippen molar-refractivity contribution in [3.8, 4) is 0 Å². The molecule has 1 fully saturated rings. The number of amides is 1. The van der Waals surface area contributed by atoms with Gasteiger partial charge in [-0.1, -0.05) is 25.1 Å². The van der Waals surface area contributed by atoms with Gasteiger partial charge in [0, 0.05) is 12.2 Å². The molecule has 0 radical (unpaired) electrons. The number of fused-ring (bicyclic) bond motifs is 1. The number of anilines is 1. The van der Waals surface area contributed by atoms with Gasteiger partial charge in [-0.2, -0.15) is 0 Å². The van der Waals surface area contributed by atoms with E-state index >= 15 is 0 Å². The van der Waals surface area contributed by atoms with Gasteiger partial charge in [0.15, 0.2) is 0 Å². The van der Waals surface area contributed by atoms with Crippen molar-refractivity contribution < 1.29 is 4.79 Å². The third kappa shape index (κ3) is 2.98. The molecule has 1 unspecified atom stereocenters. The van der Waals surface area contributed by atoms with Gasteiger partial charge in [-0.05, 0) is 49.3 Å². The van der Waals surface area contributed by atoms with E-state index in [4.69, 9.17) is 0 Å². The Kier molecular flexibility index (Phi) is 3.56. The molecular weight excluding hydrogens is 236 g/mol. The molecule has 1 N–H and O–H groups in total. The molecule has 2 aliphatic rings. The van der Waals surface area contributed by atoms with E-state index in [2.05, 4.69) is 30.4 Å². The summed E-state index contributed by atoms with van der Waals surface area (Å²) in [6.07, 6.45) is 3.73. The van der Waals surface area contributed by atoms with E-state index in [1.165, 1.54) is 18.4 Å². The molecule has 0 bridgehead atoms. The summed E-state index contributed by atoms with van der Waals surface area (Å²) in [5, 5.41) is 3.30.